The first-order valence-electron chi connectivity index (χ1n) is 7.96. The summed E-state index contributed by atoms with van der Waals surface area (Å²) >= 11 is 12.4. The van der Waals surface area contributed by atoms with Crippen LogP contribution in [0.15, 0.2) is 53.8 Å². The van der Waals surface area contributed by atoms with Gasteiger partial charge in [-0.1, -0.05) is 40.9 Å². The molecule has 0 atom stereocenters. The number of hydrogen-bond donors (Lipinski definition) is 0. The average Bonchev–Trinajstić information content (AvgIpc) is 3.22. The van der Waals surface area contributed by atoms with Crippen molar-refractivity contribution in [2.24, 2.45) is 7.05 Å². The Labute approximate surface area is 166 Å². The second-order valence-electron chi connectivity index (χ2n) is 6.17. The molecule has 6 nitrogen and oxygen atoms in total. The first kappa shape index (κ1) is 18.0. The first-order valence-corrected chi connectivity index (χ1v) is 10.2. The van der Waals surface area contributed by atoms with Crippen molar-refractivity contribution in [2.45, 2.75) is 11.8 Å². The molecule has 0 aliphatic heterocycles. The Morgan fingerprint density at radius 3 is 2.41 bits per heavy atom. The molecule has 3 heterocycles. The van der Waals surface area contributed by atoms with E-state index in [0.717, 1.165) is 5.56 Å². The van der Waals surface area contributed by atoms with Crippen LogP contribution in [-0.2, 0) is 17.1 Å². The van der Waals surface area contributed by atoms with Gasteiger partial charge in [0.05, 0.1) is 26.8 Å². The first-order chi connectivity index (χ1) is 12.8. The summed E-state index contributed by atoms with van der Waals surface area (Å²) in [6, 6.07) is 8.31. The smallest absolute Gasteiger partial charge is 0.269 e. The number of aryl methyl sites for hydroxylation is 2. The molecule has 0 aliphatic rings. The number of aromatic nitrogens is 4. The standard InChI is InChI=1S/C18H14Cl2N4O2S/c1-11-3-5-13(6-4-11)27(25,26)24-16(12-8-22-23(2)10-12)7-14-17(20)15(19)9-21-18(14)24/h3-10H,1-2H3. The molecule has 3 aromatic heterocycles. The second kappa shape index (κ2) is 6.37. The summed E-state index contributed by atoms with van der Waals surface area (Å²) in [4.78, 5) is 4.40. The van der Waals surface area contributed by atoms with E-state index in [0.29, 0.717) is 16.6 Å². The van der Waals surface area contributed by atoms with Gasteiger partial charge in [-0.05, 0) is 25.1 Å². The van der Waals surface area contributed by atoms with E-state index in [-0.39, 0.29) is 20.6 Å². The van der Waals surface area contributed by atoms with Gasteiger partial charge < -0.3 is 0 Å². The molecule has 0 saturated heterocycles. The monoisotopic (exact) mass is 420 g/mol. The number of benzene rings is 1. The lowest BCUT2D eigenvalue weighted by molar-refractivity contribution is 0.589. The van der Waals surface area contributed by atoms with Crippen LogP contribution in [-0.4, -0.2) is 27.2 Å². The van der Waals surface area contributed by atoms with Gasteiger partial charge in [-0.15, -0.1) is 0 Å². The molecular formula is C18H14Cl2N4O2S. The van der Waals surface area contributed by atoms with E-state index in [1.165, 1.54) is 10.2 Å². The number of rotatable bonds is 3. The normalized spacial score (nSPS) is 12.0. The zero-order valence-electron chi connectivity index (χ0n) is 14.4. The quantitative estimate of drug-likeness (QED) is 0.495. The Balaban J connectivity index is 2.09. The zero-order valence-corrected chi connectivity index (χ0v) is 16.7. The van der Waals surface area contributed by atoms with Crippen LogP contribution in [0.1, 0.15) is 5.56 Å². The molecular weight excluding hydrogens is 407 g/mol. The van der Waals surface area contributed by atoms with Crippen LogP contribution in [0.2, 0.25) is 10.0 Å². The minimum atomic E-state index is -3.92. The highest BCUT2D eigenvalue weighted by molar-refractivity contribution is 7.90. The van der Waals surface area contributed by atoms with E-state index < -0.39 is 10.0 Å². The summed E-state index contributed by atoms with van der Waals surface area (Å²) in [7, 11) is -2.17. The van der Waals surface area contributed by atoms with Gasteiger partial charge in [-0.2, -0.15) is 5.10 Å². The molecule has 0 radical (unpaired) electrons. The number of fused-ring (bicyclic) bond motifs is 1. The maximum absolute atomic E-state index is 13.4. The average molecular weight is 421 g/mol. The van der Waals surface area contributed by atoms with E-state index in [9.17, 15) is 8.42 Å². The molecule has 0 unspecified atom stereocenters. The van der Waals surface area contributed by atoms with Crippen molar-refractivity contribution < 1.29 is 8.42 Å². The van der Waals surface area contributed by atoms with Crippen molar-refractivity contribution in [1.82, 2.24) is 18.7 Å². The third-order valence-electron chi connectivity index (χ3n) is 4.24. The van der Waals surface area contributed by atoms with Gasteiger partial charge in [0.15, 0.2) is 5.65 Å². The van der Waals surface area contributed by atoms with Crippen LogP contribution in [0, 0.1) is 6.92 Å². The Hall–Kier alpha value is -2.35. The minimum Gasteiger partial charge on any atom is -0.275 e. The van der Waals surface area contributed by atoms with E-state index >= 15 is 0 Å². The Morgan fingerprint density at radius 1 is 1.07 bits per heavy atom. The van der Waals surface area contributed by atoms with Crippen LogP contribution in [0.5, 0.6) is 0 Å². The van der Waals surface area contributed by atoms with Gasteiger partial charge in [0.2, 0.25) is 0 Å². The SMILES string of the molecule is Cc1ccc(S(=O)(=O)n2c(-c3cnn(C)c3)cc3c(Cl)c(Cl)cnc32)cc1. The molecule has 0 fully saturated rings. The van der Waals surface area contributed by atoms with E-state index in [2.05, 4.69) is 10.1 Å². The predicted molar refractivity (Wildman–Crippen MR) is 106 cm³/mol. The van der Waals surface area contributed by atoms with Crippen molar-refractivity contribution in [1.29, 1.82) is 0 Å². The minimum absolute atomic E-state index is 0.156. The Morgan fingerprint density at radius 2 is 1.78 bits per heavy atom. The fourth-order valence-corrected chi connectivity index (χ4v) is 4.70. The zero-order chi connectivity index (χ0) is 19.3. The van der Waals surface area contributed by atoms with Crippen LogP contribution in [0.3, 0.4) is 0 Å². The molecule has 0 saturated carbocycles. The van der Waals surface area contributed by atoms with Gasteiger partial charge in [-0.3, -0.25) is 4.68 Å². The van der Waals surface area contributed by atoms with Gasteiger partial charge in [0.1, 0.15) is 0 Å². The van der Waals surface area contributed by atoms with E-state index in [4.69, 9.17) is 23.2 Å². The van der Waals surface area contributed by atoms with Crippen molar-refractivity contribution in [3.8, 4) is 11.3 Å². The summed E-state index contributed by atoms with van der Waals surface area (Å²) in [5.41, 5.74) is 2.21. The van der Waals surface area contributed by atoms with Gasteiger partial charge in [0.25, 0.3) is 10.0 Å². The number of nitrogens with zero attached hydrogens (tertiary/aromatic N) is 4. The fourth-order valence-electron chi connectivity index (χ4n) is 2.88. The lowest BCUT2D eigenvalue weighted by Crippen LogP contribution is -2.14. The van der Waals surface area contributed by atoms with Crippen molar-refractivity contribution in [3.63, 3.8) is 0 Å². The van der Waals surface area contributed by atoms with Crippen molar-refractivity contribution >= 4 is 44.3 Å². The summed E-state index contributed by atoms with van der Waals surface area (Å²) in [5.74, 6) is 0. The molecule has 0 spiro atoms. The second-order valence-corrected chi connectivity index (χ2v) is 8.74. The Bertz CT molecular complexity index is 1270. The largest absolute Gasteiger partial charge is 0.275 e. The highest BCUT2D eigenvalue weighted by Gasteiger charge is 2.26. The third-order valence-corrected chi connectivity index (χ3v) is 6.75. The molecule has 4 rings (SSSR count). The van der Waals surface area contributed by atoms with Crippen LogP contribution in [0.4, 0.5) is 0 Å². The Kier molecular flexibility index (Phi) is 4.25. The van der Waals surface area contributed by atoms with E-state index in [1.807, 2.05) is 6.92 Å². The van der Waals surface area contributed by atoms with Gasteiger partial charge in [-0.25, -0.2) is 17.4 Å². The fraction of sp³-hybridized carbons (Fsp3) is 0.111. The van der Waals surface area contributed by atoms with Gasteiger partial charge in [0, 0.05) is 30.4 Å². The highest BCUT2D eigenvalue weighted by Crippen LogP contribution is 2.37. The lowest BCUT2D eigenvalue weighted by Gasteiger charge is -2.11. The predicted octanol–water partition coefficient (Wildman–Crippen LogP) is 4.29. The molecule has 9 heteroatoms. The van der Waals surface area contributed by atoms with Gasteiger partial charge >= 0.3 is 0 Å². The molecule has 138 valence electrons. The number of halogens is 2. The van der Waals surface area contributed by atoms with E-state index in [1.54, 1.807) is 54.5 Å². The number of hydrogen-bond acceptors (Lipinski definition) is 4. The summed E-state index contributed by atoms with van der Waals surface area (Å²) in [6.07, 6.45) is 4.66. The molecule has 0 N–H and O–H groups in total. The molecule has 1 aromatic carbocycles. The van der Waals surface area contributed by atoms with Crippen LogP contribution < -0.4 is 0 Å². The molecule has 0 bridgehead atoms. The van der Waals surface area contributed by atoms with Crippen molar-refractivity contribution in [2.75, 3.05) is 0 Å². The highest BCUT2D eigenvalue weighted by atomic mass is 35.5. The molecule has 0 aliphatic carbocycles. The molecule has 4 aromatic rings. The molecule has 27 heavy (non-hydrogen) atoms. The summed E-state index contributed by atoms with van der Waals surface area (Å²) < 4.78 is 29.7. The van der Waals surface area contributed by atoms with Crippen LogP contribution >= 0.6 is 23.2 Å². The third kappa shape index (κ3) is 2.92. The maximum Gasteiger partial charge on any atom is 0.269 e. The lowest BCUT2D eigenvalue weighted by atomic mass is 10.2. The maximum atomic E-state index is 13.4. The van der Waals surface area contributed by atoms with Crippen molar-refractivity contribution in [3.05, 3.63) is 64.5 Å². The summed E-state index contributed by atoms with van der Waals surface area (Å²) in [6.45, 7) is 1.89. The number of pyridine rings is 1. The summed E-state index contributed by atoms with van der Waals surface area (Å²) in [5, 5.41) is 5.11. The molecule has 0 amide bonds. The van der Waals surface area contributed by atoms with Crippen LogP contribution in [0.25, 0.3) is 22.3 Å². The topological polar surface area (TPSA) is 69.8 Å².